The maximum atomic E-state index is 13.0. The molecular weight excluding hydrogens is 271 g/mol. The van der Waals surface area contributed by atoms with E-state index in [9.17, 15) is 13.2 Å². The summed E-state index contributed by atoms with van der Waals surface area (Å²) in [5.74, 6) is 0. The first kappa shape index (κ1) is 15.1. The Balaban J connectivity index is 2.37. The van der Waals surface area contributed by atoms with Gasteiger partial charge in [-0.3, -0.25) is 0 Å². The molecule has 0 amide bonds. The summed E-state index contributed by atoms with van der Waals surface area (Å²) in [5.41, 5.74) is -0.365. The molecule has 3 nitrogen and oxygen atoms in total. The number of hydrogen-bond donors (Lipinski definition) is 1. The van der Waals surface area contributed by atoms with Crippen LogP contribution in [0.3, 0.4) is 0 Å². The van der Waals surface area contributed by atoms with Crippen molar-refractivity contribution in [1.29, 1.82) is 0 Å². The summed E-state index contributed by atoms with van der Waals surface area (Å²) in [5, 5.41) is 9.04. The second-order valence-corrected chi connectivity index (χ2v) is 5.14. The third kappa shape index (κ3) is 3.07. The van der Waals surface area contributed by atoms with Crippen molar-refractivity contribution in [3.8, 4) is 0 Å². The molecule has 1 N–H and O–H groups in total. The van der Waals surface area contributed by atoms with Crippen molar-refractivity contribution in [3.63, 3.8) is 0 Å². The zero-order valence-electron chi connectivity index (χ0n) is 11.4. The van der Waals surface area contributed by atoms with Gasteiger partial charge in [0.05, 0.1) is 24.9 Å². The van der Waals surface area contributed by atoms with Gasteiger partial charge in [0.2, 0.25) is 0 Å². The Morgan fingerprint density at radius 2 is 2.05 bits per heavy atom. The number of halogens is 3. The molecule has 0 spiro atoms. The van der Waals surface area contributed by atoms with Crippen molar-refractivity contribution in [2.45, 2.75) is 38.8 Å². The van der Waals surface area contributed by atoms with Crippen molar-refractivity contribution in [1.82, 2.24) is 0 Å². The second kappa shape index (κ2) is 5.61. The van der Waals surface area contributed by atoms with Crippen molar-refractivity contribution in [2.75, 3.05) is 18.1 Å². The molecule has 1 fully saturated rings. The Bertz CT molecular complexity index is 476. The van der Waals surface area contributed by atoms with Crippen molar-refractivity contribution in [3.05, 3.63) is 29.3 Å². The van der Waals surface area contributed by atoms with Crippen LogP contribution in [0.15, 0.2) is 18.2 Å². The molecule has 1 aromatic rings. The Morgan fingerprint density at radius 1 is 1.35 bits per heavy atom. The summed E-state index contributed by atoms with van der Waals surface area (Å²) in [4.78, 5) is 1.91. The van der Waals surface area contributed by atoms with Gasteiger partial charge in [-0.05, 0) is 31.5 Å². The molecule has 0 aliphatic carbocycles. The second-order valence-electron chi connectivity index (χ2n) is 5.14. The highest BCUT2D eigenvalue weighted by Gasteiger charge is 2.34. The van der Waals surface area contributed by atoms with Gasteiger partial charge in [0.25, 0.3) is 0 Å². The molecule has 112 valence electrons. The minimum atomic E-state index is -4.46. The standard InChI is InChI=1S/C14H18F3NO2/c1-9-8-20-10(2)6-18(9)12-4-3-11(7-19)13(5-12)14(15,16)17/h3-5,9-10,19H,6-8H2,1-2H3. The molecule has 1 aliphatic heterocycles. The van der Waals surface area contributed by atoms with E-state index in [-0.39, 0.29) is 17.7 Å². The van der Waals surface area contributed by atoms with Gasteiger partial charge in [0.1, 0.15) is 0 Å². The molecule has 0 aromatic heterocycles. The lowest BCUT2D eigenvalue weighted by Gasteiger charge is -2.38. The first-order valence-electron chi connectivity index (χ1n) is 6.52. The van der Waals surface area contributed by atoms with Crippen LogP contribution in [-0.4, -0.2) is 30.4 Å². The molecule has 1 aromatic carbocycles. The zero-order valence-corrected chi connectivity index (χ0v) is 11.4. The largest absolute Gasteiger partial charge is 0.416 e. The van der Waals surface area contributed by atoms with Crippen LogP contribution < -0.4 is 4.90 Å². The third-order valence-corrected chi connectivity index (χ3v) is 3.51. The van der Waals surface area contributed by atoms with Crippen LogP contribution in [0.25, 0.3) is 0 Å². The number of nitrogens with zero attached hydrogens (tertiary/aromatic N) is 1. The smallest absolute Gasteiger partial charge is 0.392 e. The maximum absolute atomic E-state index is 13.0. The normalized spacial score (nSPS) is 24.0. The number of hydrogen-bond acceptors (Lipinski definition) is 3. The molecular formula is C14H18F3NO2. The van der Waals surface area contributed by atoms with Gasteiger partial charge in [-0.25, -0.2) is 0 Å². The minimum Gasteiger partial charge on any atom is -0.392 e. The van der Waals surface area contributed by atoms with Gasteiger partial charge in [0.15, 0.2) is 0 Å². The van der Waals surface area contributed by atoms with Gasteiger partial charge in [-0.2, -0.15) is 13.2 Å². The molecule has 0 radical (unpaired) electrons. The summed E-state index contributed by atoms with van der Waals surface area (Å²) in [6.07, 6.45) is -4.48. The fourth-order valence-corrected chi connectivity index (χ4v) is 2.41. The van der Waals surface area contributed by atoms with E-state index in [2.05, 4.69) is 0 Å². The first-order valence-corrected chi connectivity index (χ1v) is 6.52. The van der Waals surface area contributed by atoms with Crippen LogP contribution in [-0.2, 0) is 17.5 Å². The Morgan fingerprint density at radius 3 is 2.65 bits per heavy atom. The average Bonchev–Trinajstić information content (AvgIpc) is 2.40. The van der Waals surface area contributed by atoms with Crippen molar-refractivity contribution in [2.24, 2.45) is 0 Å². The third-order valence-electron chi connectivity index (χ3n) is 3.51. The van der Waals surface area contributed by atoms with Crippen LogP contribution in [0.1, 0.15) is 25.0 Å². The average molecular weight is 289 g/mol. The topological polar surface area (TPSA) is 32.7 Å². The number of alkyl halides is 3. The number of aliphatic hydroxyl groups is 1. The number of morpholine rings is 1. The van der Waals surface area contributed by atoms with E-state index in [4.69, 9.17) is 9.84 Å². The Hall–Kier alpha value is -1.27. The van der Waals surface area contributed by atoms with E-state index >= 15 is 0 Å². The predicted octanol–water partition coefficient (Wildman–Crippen LogP) is 2.81. The van der Waals surface area contributed by atoms with E-state index in [0.29, 0.717) is 18.8 Å². The van der Waals surface area contributed by atoms with E-state index < -0.39 is 18.3 Å². The quantitative estimate of drug-likeness (QED) is 0.908. The fourth-order valence-electron chi connectivity index (χ4n) is 2.41. The number of anilines is 1. The van der Waals surface area contributed by atoms with Gasteiger partial charge >= 0.3 is 6.18 Å². The minimum absolute atomic E-state index is 0.0157. The first-order chi connectivity index (χ1) is 9.32. The molecule has 6 heteroatoms. The predicted molar refractivity (Wildman–Crippen MR) is 69.6 cm³/mol. The van der Waals surface area contributed by atoms with E-state index in [1.807, 2.05) is 18.7 Å². The molecule has 2 atom stereocenters. The number of rotatable bonds is 2. The highest BCUT2D eigenvalue weighted by molar-refractivity contribution is 5.53. The highest BCUT2D eigenvalue weighted by atomic mass is 19.4. The fraction of sp³-hybridized carbons (Fsp3) is 0.571. The van der Waals surface area contributed by atoms with Gasteiger partial charge in [-0.15, -0.1) is 0 Å². The Kier molecular flexibility index (Phi) is 4.25. The molecule has 2 unspecified atom stereocenters. The SMILES string of the molecule is CC1CN(c2ccc(CO)c(C(F)(F)F)c2)C(C)CO1. The lowest BCUT2D eigenvalue weighted by atomic mass is 10.0. The maximum Gasteiger partial charge on any atom is 0.416 e. The van der Waals surface area contributed by atoms with Crippen molar-refractivity contribution < 1.29 is 23.0 Å². The molecule has 20 heavy (non-hydrogen) atoms. The molecule has 0 bridgehead atoms. The van der Waals surface area contributed by atoms with Crippen LogP contribution >= 0.6 is 0 Å². The zero-order chi connectivity index (χ0) is 14.9. The monoisotopic (exact) mass is 289 g/mol. The molecule has 1 aliphatic rings. The van der Waals surface area contributed by atoms with Gasteiger partial charge < -0.3 is 14.7 Å². The number of benzene rings is 1. The van der Waals surface area contributed by atoms with Crippen LogP contribution in [0, 0.1) is 0 Å². The van der Waals surface area contributed by atoms with E-state index in [1.54, 1.807) is 6.07 Å². The number of ether oxygens (including phenoxy) is 1. The number of aliphatic hydroxyl groups excluding tert-OH is 1. The van der Waals surface area contributed by atoms with Crippen LogP contribution in [0.2, 0.25) is 0 Å². The molecule has 1 heterocycles. The van der Waals surface area contributed by atoms with Crippen LogP contribution in [0.4, 0.5) is 18.9 Å². The van der Waals surface area contributed by atoms with Crippen LogP contribution in [0.5, 0.6) is 0 Å². The summed E-state index contributed by atoms with van der Waals surface area (Å²) < 4.78 is 44.5. The lowest BCUT2D eigenvalue weighted by Crippen LogP contribution is -2.47. The summed E-state index contributed by atoms with van der Waals surface area (Å²) in [6.45, 7) is 4.23. The molecule has 0 saturated carbocycles. The lowest BCUT2D eigenvalue weighted by molar-refractivity contribution is -0.138. The summed E-state index contributed by atoms with van der Waals surface area (Å²) >= 11 is 0. The van der Waals surface area contributed by atoms with Gasteiger partial charge in [-0.1, -0.05) is 6.07 Å². The summed E-state index contributed by atoms with van der Waals surface area (Å²) in [7, 11) is 0. The van der Waals surface area contributed by atoms with E-state index in [0.717, 1.165) is 6.07 Å². The summed E-state index contributed by atoms with van der Waals surface area (Å²) in [6, 6.07) is 4.09. The van der Waals surface area contributed by atoms with E-state index in [1.165, 1.54) is 6.07 Å². The highest BCUT2D eigenvalue weighted by Crippen LogP contribution is 2.35. The Labute approximate surface area is 116 Å². The van der Waals surface area contributed by atoms with Gasteiger partial charge in [0, 0.05) is 18.3 Å². The molecule has 2 rings (SSSR count). The molecule has 1 saturated heterocycles. The van der Waals surface area contributed by atoms with Crippen molar-refractivity contribution >= 4 is 5.69 Å².